The molecule has 1 atom stereocenters. The van der Waals surface area contributed by atoms with E-state index in [1.165, 1.54) is 22.1 Å². The van der Waals surface area contributed by atoms with Gasteiger partial charge in [-0.3, -0.25) is 9.69 Å². The molecule has 132 valence electrons. The fourth-order valence-corrected chi connectivity index (χ4v) is 4.04. The number of β-lactam (4-membered cyclic amide) rings is 1. The van der Waals surface area contributed by atoms with Crippen LogP contribution in [0, 0.1) is 6.92 Å². The number of carbonyl (C=O) groups excluding carboxylic acids is 2. The average Bonchev–Trinajstić information content (AvgIpc) is 3.23. The lowest BCUT2D eigenvalue weighted by Crippen LogP contribution is -2.52. The largest absolute Gasteiger partial charge is 0.543 e. The van der Waals surface area contributed by atoms with Crippen LogP contribution in [-0.4, -0.2) is 37.1 Å². The van der Waals surface area contributed by atoms with Crippen molar-refractivity contribution in [2.75, 3.05) is 0 Å². The molecule has 0 N–H and O–H groups in total. The van der Waals surface area contributed by atoms with Crippen molar-refractivity contribution in [3.05, 3.63) is 58.7 Å². The molecule has 1 amide bonds. The summed E-state index contributed by atoms with van der Waals surface area (Å²) in [5.74, 6) is -1.67. The van der Waals surface area contributed by atoms with Gasteiger partial charge < -0.3 is 9.90 Å². The normalized spacial score (nSPS) is 20.1. The number of aromatic nitrogens is 4. The van der Waals surface area contributed by atoms with Crippen LogP contribution in [0.5, 0.6) is 0 Å². The Morgan fingerprint density at radius 3 is 3.08 bits per heavy atom. The number of pyridine rings is 1. The predicted molar refractivity (Wildman–Crippen MR) is 90.7 cm³/mol. The van der Waals surface area contributed by atoms with E-state index in [2.05, 4.69) is 14.9 Å². The summed E-state index contributed by atoms with van der Waals surface area (Å²) in [5.41, 5.74) is 2.17. The van der Waals surface area contributed by atoms with E-state index in [4.69, 9.17) is 0 Å². The van der Waals surface area contributed by atoms with Gasteiger partial charge in [0.15, 0.2) is 18.4 Å². The Balaban J connectivity index is 1.43. The van der Waals surface area contributed by atoms with Crippen LogP contribution >= 0.6 is 11.8 Å². The zero-order valence-corrected chi connectivity index (χ0v) is 14.7. The molecule has 0 spiro atoms. The Morgan fingerprint density at radius 1 is 1.46 bits per heavy atom. The molecule has 2 aliphatic heterocycles. The number of amides is 1. The van der Waals surface area contributed by atoms with Crippen LogP contribution in [-0.2, 0) is 22.7 Å². The SMILES string of the molecule is Cc1cccc[n+]1CCn1cc(/C=C2/C(=O)N3C(C(=O)[O-])=CS[C@H]23)nn1. The van der Waals surface area contributed by atoms with Crippen LogP contribution in [0.3, 0.4) is 0 Å². The number of carbonyl (C=O) groups is 2. The number of fused-ring (bicyclic) bond motifs is 1. The van der Waals surface area contributed by atoms with Crippen molar-refractivity contribution in [2.45, 2.75) is 25.4 Å². The molecule has 0 saturated carbocycles. The van der Waals surface area contributed by atoms with Crippen molar-refractivity contribution in [2.24, 2.45) is 0 Å². The molecule has 1 fully saturated rings. The molecule has 0 bridgehead atoms. The van der Waals surface area contributed by atoms with Gasteiger partial charge in [-0.2, -0.15) is 0 Å². The number of aryl methyl sites for hydroxylation is 3. The number of hydrogen-bond donors (Lipinski definition) is 0. The van der Waals surface area contributed by atoms with E-state index in [9.17, 15) is 14.7 Å². The summed E-state index contributed by atoms with van der Waals surface area (Å²) >= 11 is 1.27. The molecule has 26 heavy (non-hydrogen) atoms. The molecule has 9 heteroatoms. The van der Waals surface area contributed by atoms with E-state index in [0.717, 1.165) is 12.2 Å². The highest BCUT2D eigenvalue weighted by molar-refractivity contribution is 8.03. The van der Waals surface area contributed by atoms with E-state index in [1.807, 2.05) is 31.3 Å². The summed E-state index contributed by atoms with van der Waals surface area (Å²) in [4.78, 5) is 24.4. The number of rotatable bonds is 5. The number of thioether (sulfide) groups is 1. The van der Waals surface area contributed by atoms with E-state index >= 15 is 0 Å². The summed E-state index contributed by atoms with van der Waals surface area (Å²) < 4.78 is 3.84. The number of nitrogens with zero attached hydrogens (tertiary/aromatic N) is 5. The van der Waals surface area contributed by atoms with Gasteiger partial charge in [-0.1, -0.05) is 11.3 Å². The second-order valence-corrected chi connectivity index (χ2v) is 6.95. The highest BCUT2D eigenvalue weighted by Crippen LogP contribution is 2.44. The minimum absolute atomic E-state index is 0.0824. The molecule has 0 radical (unpaired) electrons. The quantitative estimate of drug-likeness (QED) is 0.399. The molecule has 2 aromatic heterocycles. The third-order valence-corrected chi connectivity index (χ3v) is 5.42. The number of aliphatic carboxylic acids is 1. The van der Waals surface area contributed by atoms with E-state index in [0.29, 0.717) is 17.8 Å². The second kappa shape index (κ2) is 6.41. The lowest BCUT2D eigenvalue weighted by atomic mass is 10.0. The monoisotopic (exact) mass is 369 g/mol. The van der Waals surface area contributed by atoms with Crippen LogP contribution in [0.15, 0.2) is 47.3 Å². The Morgan fingerprint density at radius 2 is 2.31 bits per heavy atom. The van der Waals surface area contributed by atoms with Gasteiger partial charge in [-0.05, 0) is 11.5 Å². The van der Waals surface area contributed by atoms with Gasteiger partial charge in [-0.25, -0.2) is 9.25 Å². The summed E-state index contributed by atoms with van der Waals surface area (Å²) in [6.45, 7) is 3.45. The molecule has 0 aliphatic carbocycles. The maximum atomic E-state index is 12.2. The highest BCUT2D eigenvalue weighted by atomic mass is 32.2. The van der Waals surface area contributed by atoms with Crippen molar-refractivity contribution >= 4 is 29.7 Å². The van der Waals surface area contributed by atoms with Gasteiger partial charge in [0, 0.05) is 19.1 Å². The van der Waals surface area contributed by atoms with Gasteiger partial charge in [0.05, 0.1) is 23.4 Å². The van der Waals surface area contributed by atoms with Crippen molar-refractivity contribution in [1.82, 2.24) is 19.9 Å². The van der Waals surface area contributed by atoms with Crippen molar-refractivity contribution < 1.29 is 19.3 Å². The second-order valence-electron chi connectivity index (χ2n) is 6.00. The lowest BCUT2D eigenvalue weighted by molar-refractivity contribution is -0.704. The zero-order valence-electron chi connectivity index (χ0n) is 13.9. The van der Waals surface area contributed by atoms with Crippen LogP contribution in [0.4, 0.5) is 0 Å². The first-order chi connectivity index (χ1) is 12.5. The minimum Gasteiger partial charge on any atom is -0.543 e. The van der Waals surface area contributed by atoms with Gasteiger partial charge in [0.1, 0.15) is 17.6 Å². The van der Waals surface area contributed by atoms with Gasteiger partial charge in [0.25, 0.3) is 5.91 Å². The zero-order chi connectivity index (χ0) is 18.3. The Kier molecular flexibility index (Phi) is 4.08. The third-order valence-electron chi connectivity index (χ3n) is 4.34. The molecular weight excluding hydrogens is 354 g/mol. The maximum absolute atomic E-state index is 12.2. The van der Waals surface area contributed by atoms with Gasteiger partial charge in [0.2, 0.25) is 0 Å². The molecule has 0 aromatic carbocycles. The predicted octanol–water partition coefficient (Wildman–Crippen LogP) is -0.536. The summed E-state index contributed by atoms with van der Waals surface area (Å²) in [5, 5.41) is 20.3. The number of hydrogen-bond acceptors (Lipinski definition) is 6. The average molecular weight is 369 g/mol. The Bertz CT molecular complexity index is 965. The van der Waals surface area contributed by atoms with Crippen LogP contribution in [0.1, 0.15) is 11.4 Å². The van der Waals surface area contributed by atoms with Crippen LogP contribution in [0.25, 0.3) is 6.08 Å². The topological polar surface area (TPSA) is 95.0 Å². The molecule has 8 nitrogen and oxygen atoms in total. The Hall–Kier alpha value is -2.94. The van der Waals surface area contributed by atoms with E-state index in [-0.39, 0.29) is 17.0 Å². The molecule has 0 unspecified atom stereocenters. The van der Waals surface area contributed by atoms with E-state index in [1.54, 1.807) is 17.0 Å². The number of carboxylic acids is 1. The lowest BCUT2D eigenvalue weighted by Gasteiger charge is -2.38. The number of carboxylic acid groups (broad SMARTS) is 1. The first-order valence-electron chi connectivity index (χ1n) is 8.02. The fraction of sp³-hybridized carbons (Fsp3) is 0.235. The van der Waals surface area contributed by atoms with E-state index < -0.39 is 5.97 Å². The van der Waals surface area contributed by atoms with Crippen molar-refractivity contribution in [3.8, 4) is 0 Å². The minimum atomic E-state index is -1.34. The van der Waals surface area contributed by atoms with Crippen LogP contribution < -0.4 is 9.67 Å². The molecular formula is C17H15N5O3S. The van der Waals surface area contributed by atoms with Crippen molar-refractivity contribution in [3.63, 3.8) is 0 Å². The molecule has 1 saturated heterocycles. The molecule has 2 aromatic rings. The van der Waals surface area contributed by atoms with Crippen LogP contribution in [0.2, 0.25) is 0 Å². The standard InChI is InChI=1S/C17H15N5O3S/c1-11-4-2-3-5-20(11)6-7-21-9-12(18-19-21)8-13-15(23)22-14(17(24)25)10-26-16(13)22/h2-5,8-10,16H,6-7H2,1H3/b13-8-/t16-/m1/s1. The molecule has 4 rings (SSSR count). The highest BCUT2D eigenvalue weighted by Gasteiger charge is 2.47. The first kappa shape index (κ1) is 16.5. The summed E-state index contributed by atoms with van der Waals surface area (Å²) in [6.07, 6.45) is 5.44. The molecule has 2 aliphatic rings. The molecule has 4 heterocycles. The van der Waals surface area contributed by atoms with Crippen molar-refractivity contribution in [1.29, 1.82) is 0 Å². The first-order valence-corrected chi connectivity index (χ1v) is 8.96. The summed E-state index contributed by atoms with van der Waals surface area (Å²) in [7, 11) is 0. The van der Waals surface area contributed by atoms with Gasteiger partial charge in [-0.15, -0.1) is 16.9 Å². The Labute approximate surface area is 153 Å². The van der Waals surface area contributed by atoms with Gasteiger partial charge >= 0.3 is 0 Å². The maximum Gasteiger partial charge on any atom is 0.258 e. The summed E-state index contributed by atoms with van der Waals surface area (Å²) in [6, 6.07) is 6.01. The fourth-order valence-electron chi connectivity index (χ4n) is 2.93. The smallest absolute Gasteiger partial charge is 0.258 e. The third kappa shape index (κ3) is 2.80.